The van der Waals surface area contributed by atoms with Crippen LogP contribution in [-0.4, -0.2) is 66.5 Å². The smallest absolute Gasteiger partial charge is 0.128 e. The molecule has 0 saturated carbocycles. The molecule has 2 aliphatic heterocycles. The molecule has 6 heteroatoms. The van der Waals surface area contributed by atoms with Crippen LogP contribution in [0.15, 0.2) is 18.3 Å². The lowest BCUT2D eigenvalue weighted by Crippen LogP contribution is -2.52. The van der Waals surface area contributed by atoms with E-state index in [1.165, 1.54) is 12.8 Å². The molecule has 0 radical (unpaired) electrons. The van der Waals surface area contributed by atoms with Gasteiger partial charge in [-0.3, -0.25) is 0 Å². The van der Waals surface area contributed by atoms with Crippen molar-refractivity contribution in [3.05, 3.63) is 23.9 Å². The molecule has 0 aliphatic carbocycles. The van der Waals surface area contributed by atoms with Gasteiger partial charge < -0.3 is 19.6 Å². The molecule has 1 unspecified atom stereocenters. The van der Waals surface area contributed by atoms with Gasteiger partial charge in [0.05, 0.1) is 25.3 Å². The number of hydrogen-bond donors (Lipinski definition) is 1. The van der Waals surface area contributed by atoms with Crippen LogP contribution in [0.2, 0.25) is 0 Å². The number of ether oxygens (including phenoxy) is 1. The Labute approximate surface area is 130 Å². The standard InChI is InChI=1S/C16H22N4O2/c17-9-14-3-4-15(18-10-14)20-7-8-22-13-16(21,12-20)11-19-5-1-2-6-19/h3-4,10,21H,1-2,5-8,11-13H2. The Morgan fingerprint density at radius 3 is 2.82 bits per heavy atom. The number of nitrogens with zero attached hydrogens (tertiary/aromatic N) is 4. The molecule has 1 aromatic heterocycles. The molecule has 2 aliphatic rings. The van der Waals surface area contributed by atoms with E-state index in [1.54, 1.807) is 12.3 Å². The number of aromatic nitrogens is 1. The molecule has 118 valence electrons. The van der Waals surface area contributed by atoms with Crippen molar-refractivity contribution >= 4 is 5.82 Å². The van der Waals surface area contributed by atoms with E-state index in [1.807, 2.05) is 11.0 Å². The first-order valence-electron chi connectivity index (χ1n) is 7.82. The SMILES string of the molecule is N#Cc1ccc(N2CCOCC(O)(CN3CCCC3)C2)nc1. The van der Waals surface area contributed by atoms with Crippen molar-refractivity contribution in [2.24, 2.45) is 0 Å². The van der Waals surface area contributed by atoms with Gasteiger partial charge in [0, 0.05) is 19.3 Å². The lowest BCUT2D eigenvalue weighted by molar-refractivity contribution is -0.0439. The average molecular weight is 302 g/mol. The molecule has 0 spiro atoms. The second-order valence-electron chi connectivity index (χ2n) is 6.20. The van der Waals surface area contributed by atoms with Gasteiger partial charge in [0.1, 0.15) is 17.5 Å². The second-order valence-corrected chi connectivity index (χ2v) is 6.20. The molecule has 0 bridgehead atoms. The van der Waals surface area contributed by atoms with E-state index < -0.39 is 5.60 Å². The fraction of sp³-hybridized carbons (Fsp3) is 0.625. The maximum Gasteiger partial charge on any atom is 0.128 e. The van der Waals surface area contributed by atoms with Crippen LogP contribution >= 0.6 is 0 Å². The van der Waals surface area contributed by atoms with E-state index >= 15 is 0 Å². The first kappa shape index (κ1) is 15.2. The molecule has 1 atom stereocenters. The highest BCUT2D eigenvalue weighted by atomic mass is 16.5. The van der Waals surface area contributed by atoms with Crippen LogP contribution in [-0.2, 0) is 4.74 Å². The van der Waals surface area contributed by atoms with E-state index in [0.29, 0.717) is 38.4 Å². The van der Waals surface area contributed by atoms with Crippen LogP contribution in [0, 0.1) is 11.3 Å². The van der Waals surface area contributed by atoms with Crippen LogP contribution in [0.3, 0.4) is 0 Å². The van der Waals surface area contributed by atoms with Crippen LogP contribution in [0.4, 0.5) is 5.82 Å². The molecular weight excluding hydrogens is 280 g/mol. The number of aliphatic hydroxyl groups is 1. The normalized spacial score (nSPS) is 26.6. The van der Waals surface area contributed by atoms with Crippen molar-refractivity contribution in [3.63, 3.8) is 0 Å². The molecule has 1 N–H and O–H groups in total. The topological polar surface area (TPSA) is 72.6 Å². The molecular formula is C16H22N4O2. The maximum absolute atomic E-state index is 11.0. The number of nitriles is 1. The summed E-state index contributed by atoms with van der Waals surface area (Å²) in [4.78, 5) is 8.69. The van der Waals surface area contributed by atoms with Gasteiger partial charge in [0.25, 0.3) is 0 Å². The minimum Gasteiger partial charge on any atom is -0.384 e. The fourth-order valence-corrected chi connectivity index (χ4v) is 3.20. The van der Waals surface area contributed by atoms with Gasteiger partial charge in [-0.15, -0.1) is 0 Å². The molecule has 0 amide bonds. The van der Waals surface area contributed by atoms with Gasteiger partial charge in [-0.25, -0.2) is 4.98 Å². The average Bonchev–Trinajstić information content (AvgIpc) is 2.95. The van der Waals surface area contributed by atoms with Crippen molar-refractivity contribution in [2.75, 3.05) is 50.8 Å². The maximum atomic E-state index is 11.0. The van der Waals surface area contributed by atoms with E-state index in [-0.39, 0.29) is 0 Å². The Balaban J connectivity index is 1.72. The van der Waals surface area contributed by atoms with Crippen molar-refractivity contribution in [1.29, 1.82) is 5.26 Å². The first-order chi connectivity index (χ1) is 10.7. The quantitative estimate of drug-likeness (QED) is 0.882. The zero-order chi connectivity index (χ0) is 15.4. The van der Waals surface area contributed by atoms with Crippen LogP contribution in [0.1, 0.15) is 18.4 Å². The Morgan fingerprint density at radius 1 is 1.32 bits per heavy atom. The number of β-amino-alcohol motifs (C(OH)–C–C–N with tert-alkyl or cyclic N) is 1. The third-order valence-corrected chi connectivity index (χ3v) is 4.28. The summed E-state index contributed by atoms with van der Waals surface area (Å²) in [6.07, 6.45) is 3.98. The Morgan fingerprint density at radius 2 is 2.14 bits per heavy atom. The highest BCUT2D eigenvalue weighted by Gasteiger charge is 2.35. The molecule has 0 aromatic carbocycles. The van der Waals surface area contributed by atoms with E-state index in [4.69, 9.17) is 10.00 Å². The summed E-state index contributed by atoms with van der Waals surface area (Å²) in [5.41, 5.74) is -0.335. The van der Waals surface area contributed by atoms with E-state index in [2.05, 4.69) is 16.0 Å². The van der Waals surface area contributed by atoms with Gasteiger partial charge in [-0.1, -0.05) is 0 Å². The third-order valence-electron chi connectivity index (χ3n) is 4.28. The predicted molar refractivity (Wildman–Crippen MR) is 82.6 cm³/mol. The first-order valence-corrected chi connectivity index (χ1v) is 7.82. The lowest BCUT2D eigenvalue weighted by Gasteiger charge is -2.34. The van der Waals surface area contributed by atoms with E-state index in [9.17, 15) is 5.11 Å². The van der Waals surface area contributed by atoms with Crippen molar-refractivity contribution < 1.29 is 9.84 Å². The van der Waals surface area contributed by atoms with E-state index in [0.717, 1.165) is 18.9 Å². The zero-order valence-corrected chi connectivity index (χ0v) is 12.7. The van der Waals surface area contributed by atoms with Crippen LogP contribution in [0.25, 0.3) is 0 Å². The Kier molecular flexibility index (Phi) is 4.57. The largest absolute Gasteiger partial charge is 0.384 e. The summed E-state index contributed by atoms with van der Waals surface area (Å²) < 4.78 is 5.62. The Hall–Kier alpha value is -1.68. The van der Waals surface area contributed by atoms with Gasteiger partial charge >= 0.3 is 0 Å². The molecule has 1 aromatic rings. The number of rotatable bonds is 3. The predicted octanol–water partition coefficient (Wildman–Crippen LogP) is 0.617. The molecule has 3 heterocycles. The summed E-state index contributed by atoms with van der Waals surface area (Å²) in [5.74, 6) is 0.782. The second kappa shape index (κ2) is 6.61. The number of anilines is 1. The highest BCUT2D eigenvalue weighted by Crippen LogP contribution is 2.21. The van der Waals surface area contributed by atoms with Crippen molar-refractivity contribution in [3.8, 4) is 6.07 Å². The minimum absolute atomic E-state index is 0.357. The lowest BCUT2D eigenvalue weighted by atomic mass is 10.0. The summed E-state index contributed by atoms with van der Waals surface area (Å²) in [6.45, 7) is 4.87. The Bertz CT molecular complexity index is 536. The van der Waals surface area contributed by atoms with Crippen molar-refractivity contribution in [2.45, 2.75) is 18.4 Å². The third kappa shape index (κ3) is 3.55. The van der Waals surface area contributed by atoms with Crippen LogP contribution < -0.4 is 4.90 Å². The van der Waals surface area contributed by atoms with Gasteiger partial charge in [-0.2, -0.15) is 5.26 Å². The molecule has 3 rings (SSSR count). The van der Waals surface area contributed by atoms with Gasteiger partial charge in [0.15, 0.2) is 0 Å². The molecule has 2 fully saturated rings. The molecule has 22 heavy (non-hydrogen) atoms. The summed E-state index contributed by atoms with van der Waals surface area (Å²) in [7, 11) is 0. The highest BCUT2D eigenvalue weighted by molar-refractivity contribution is 5.42. The number of likely N-dealkylation sites (tertiary alicyclic amines) is 1. The fourth-order valence-electron chi connectivity index (χ4n) is 3.20. The van der Waals surface area contributed by atoms with Crippen molar-refractivity contribution in [1.82, 2.24) is 9.88 Å². The minimum atomic E-state index is -0.879. The van der Waals surface area contributed by atoms with Gasteiger partial charge in [-0.05, 0) is 38.1 Å². The van der Waals surface area contributed by atoms with Gasteiger partial charge in [0.2, 0.25) is 0 Å². The zero-order valence-electron chi connectivity index (χ0n) is 12.7. The summed E-state index contributed by atoms with van der Waals surface area (Å²) in [5, 5.41) is 19.8. The summed E-state index contributed by atoms with van der Waals surface area (Å²) in [6, 6.07) is 5.66. The van der Waals surface area contributed by atoms with Crippen LogP contribution in [0.5, 0.6) is 0 Å². The number of hydrogen-bond acceptors (Lipinski definition) is 6. The number of pyridine rings is 1. The summed E-state index contributed by atoms with van der Waals surface area (Å²) >= 11 is 0. The molecule has 6 nitrogen and oxygen atoms in total. The monoisotopic (exact) mass is 302 g/mol. The molecule has 2 saturated heterocycles.